The molecule has 1 aliphatic rings. The van der Waals surface area contributed by atoms with E-state index in [-0.39, 0.29) is 11.5 Å². The van der Waals surface area contributed by atoms with Crippen LogP contribution in [-0.2, 0) is 42.7 Å². The molecule has 0 amide bonds. The van der Waals surface area contributed by atoms with Crippen LogP contribution in [0.5, 0.6) is 0 Å². The van der Waals surface area contributed by atoms with Crippen molar-refractivity contribution in [3.8, 4) is 0 Å². The average Bonchev–Trinajstić information content (AvgIpc) is 2.76. The van der Waals surface area contributed by atoms with Crippen LogP contribution in [0.2, 0.25) is 0 Å². The van der Waals surface area contributed by atoms with Crippen molar-refractivity contribution in [2.75, 3.05) is 79.3 Å². The summed E-state index contributed by atoms with van der Waals surface area (Å²) >= 11 is 0. The molecule has 178 valence electrons. The molecule has 1 heterocycles. The summed E-state index contributed by atoms with van der Waals surface area (Å²) in [5.74, 6) is 0. The third kappa shape index (κ3) is 11.9. The Morgan fingerprint density at radius 3 is 1.71 bits per heavy atom. The zero-order valence-corrected chi connectivity index (χ0v) is 19.0. The van der Waals surface area contributed by atoms with Gasteiger partial charge in [0.25, 0.3) is 10.1 Å². The van der Waals surface area contributed by atoms with E-state index in [1.807, 2.05) is 6.92 Å². The zero-order chi connectivity index (χ0) is 22.2. The van der Waals surface area contributed by atoms with Crippen molar-refractivity contribution in [1.29, 1.82) is 0 Å². The van der Waals surface area contributed by atoms with Crippen molar-refractivity contribution in [2.24, 2.45) is 0 Å². The standard InChI is InChI=1S/C21H34O9S/c1-19-2-4-21(5-3-19)31(22,23)30-18-20-6-7-24-8-9-25-10-11-26-12-13-27-14-15-28-16-17-29-20/h2-5,20H,6-18H2,1H3. The molecular formula is C21H34O9S. The van der Waals surface area contributed by atoms with E-state index in [0.29, 0.717) is 79.1 Å². The minimum atomic E-state index is -3.86. The topological polar surface area (TPSA) is 98.8 Å². The second-order valence-corrected chi connectivity index (χ2v) is 8.51. The minimum Gasteiger partial charge on any atom is -0.379 e. The Kier molecular flexibility index (Phi) is 13.2. The molecule has 0 aliphatic carbocycles. The summed E-state index contributed by atoms with van der Waals surface area (Å²) in [4.78, 5) is 0.120. The van der Waals surface area contributed by atoms with Crippen LogP contribution < -0.4 is 0 Å². The van der Waals surface area contributed by atoms with Crippen LogP contribution in [0.4, 0.5) is 0 Å². The highest BCUT2D eigenvalue weighted by Crippen LogP contribution is 2.14. The summed E-state index contributed by atoms with van der Waals surface area (Å²) in [6, 6.07) is 6.52. The molecule has 1 saturated heterocycles. The molecule has 0 radical (unpaired) electrons. The lowest BCUT2D eigenvalue weighted by Gasteiger charge is -2.18. The highest BCUT2D eigenvalue weighted by atomic mass is 32.2. The number of hydrogen-bond donors (Lipinski definition) is 0. The van der Waals surface area contributed by atoms with Crippen LogP contribution in [0.1, 0.15) is 12.0 Å². The van der Waals surface area contributed by atoms with E-state index in [0.717, 1.165) is 5.56 Å². The van der Waals surface area contributed by atoms with Gasteiger partial charge in [0.1, 0.15) is 0 Å². The lowest BCUT2D eigenvalue weighted by atomic mass is 10.2. The average molecular weight is 463 g/mol. The zero-order valence-electron chi connectivity index (χ0n) is 18.2. The summed E-state index contributed by atoms with van der Waals surface area (Å²) in [6.07, 6.45) is 0.0341. The van der Waals surface area contributed by atoms with Gasteiger partial charge in [0.2, 0.25) is 0 Å². The second kappa shape index (κ2) is 15.7. The van der Waals surface area contributed by atoms with E-state index in [1.165, 1.54) is 12.1 Å². The third-order valence-corrected chi connectivity index (χ3v) is 5.67. The fourth-order valence-electron chi connectivity index (χ4n) is 2.62. The lowest BCUT2D eigenvalue weighted by Crippen LogP contribution is -2.26. The van der Waals surface area contributed by atoms with Crippen LogP contribution >= 0.6 is 0 Å². The normalized spacial score (nSPS) is 22.2. The van der Waals surface area contributed by atoms with E-state index in [4.69, 9.17) is 32.6 Å². The Morgan fingerprint density at radius 1 is 0.742 bits per heavy atom. The van der Waals surface area contributed by atoms with Crippen LogP contribution in [0.15, 0.2) is 29.2 Å². The highest BCUT2D eigenvalue weighted by Gasteiger charge is 2.19. The maximum Gasteiger partial charge on any atom is 0.297 e. The Morgan fingerprint density at radius 2 is 1.19 bits per heavy atom. The maximum absolute atomic E-state index is 12.4. The molecule has 1 aromatic rings. The Balaban J connectivity index is 1.81. The summed E-state index contributed by atoms with van der Waals surface area (Å²) in [5.41, 5.74) is 0.973. The summed E-state index contributed by atoms with van der Waals surface area (Å²) in [5, 5.41) is 0. The molecule has 9 nitrogen and oxygen atoms in total. The number of hydrogen-bond acceptors (Lipinski definition) is 9. The molecule has 0 N–H and O–H groups in total. The first-order chi connectivity index (χ1) is 15.1. The van der Waals surface area contributed by atoms with Crippen LogP contribution in [-0.4, -0.2) is 93.8 Å². The SMILES string of the molecule is Cc1ccc(S(=O)(=O)OCC2CCOCCOCCOCCOCCOCCO2)cc1. The van der Waals surface area contributed by atoms with Crippen LogP contribution in [0.3, 0.4) is 0 Å². The molecule has 10 heteroatoms. The molecule has 0 spiro atoms. The lowest BCUT2D eigenvalue weighted by molar-refractivity contribution is -0.0384. The second-order valence-electron chi connectivity index (χ2n) is 6.90. The van der Waals surface area contributed by atoms with Gasteiger partial charge in [-0.05, 0) is 25.5 Å². The first kappa shape index (κ1) is 26.1. The number of ether oxygens (including phenoxy) is 6. The van der Waals surface area contributed by atoms with E-state index in [2.05, 4.69) is 0 Å². The summed E-state index contributed by atoms with van der Waals surface area (Å²) < 4.78 is 63.1. The smallest absolute Gasteiger partial charge is 0.297 e. The molecule has 1 atom stereocenters. The van der Waals surface area contributed by atoms with Gasteiger partial charge in [0, 0.05) is 6.61 Å². The fraction of sp³-hybridized carbons (Fsp3) is 0.714. The molecule has 0 bridgehead atoms. The van der Waals surface area contributed by atoms with Crippen LogP contribution in [0, 0.1) is 6.92 Å². The van der Waals surface area contributed by atoms with Crippen molar-refractivity contribution in [1.82, 2.24) is 0 Å². The Labute approximate surface area is 185 Å². The van der Waals surface area contributed by atoms with E-state index < -0.39 is 16.2 Å². The summed E-state index contributed by atoms with van der Waals surface area (Å²) in [7, 11) is -3.86. The number of rotatable bonds is 4. The van der Waals surface area contributed by atoms with Gasteiger partial charge in [0.05, 0.1) is 83.7 Å². The van der Waals surface area contributed by atoms with Crippen molar-refractivity contribution in [3.63, 3.8) is 0 Å². The minimum absolute atomic E-state index is 0.101. The molecule has 1 fully saturated rings. The molecule has 1 unspecified atom stereocenters. The van der Waals surface area contributed by atoms with Crippen molar-refractivity contribution in [3.05, 3.63) is 29.8 Å². The van der Waals surface area contributed by atoms with Gasteiger partial charge in [-0.2, -0.15) is 8.42 Å². The molecule has 1 aliphatic heterocycles. The number of aryl methyl sites for hydroxylation is 1. The maximum atomic E-state index is 12.4. The van der Waals surface area contributed by atoms with Crippen molar-refractivity contribution < 1.29 is 41.0 Å². The first-order valence-electron chi connectivity index (χ1n) is 10.5. The molecular weight excluding hydrogens is 428 g/mol. The Hall–Kier alpha value is -1.11. The first-order valence-corrected chi connectivity index (χ1v) is 12.0. The highest BCUT2D eigenvalue weighted by molar-refractivity contribution is 7.86. The predicted octanol–water partition coefficient (Wildman–Crippen LogP) is 1.57. The Bertz CT molecular complexity index is 659. The van der Waals surface area contributed by atoms with Gasteiger partial charge in [-0.3, -0.25) is 4.18 Å². The van der Waals surface area contributed by atoms with Crippen LogP contribution in [0.25, 0.3) is 0 Å². The van der Waals surface area contributed by atoms with E-state index in [9.17, 15) is 8.42 Å². The summed E-state index contributed by atoms with van der Waals surface area (Å²) in [6.45, 7) is 6.66. The van der Waals surface area contributed by atoms with Crippen molar-refractivity contribution in [2.45, 2.75) is 24.3 Å². The van der Waals surface area contributed by atoms with Gasteiger partial charge in [0.15, 0.2) is 0 Å². The predicted molar refractivity (Wildman–Crippen MR) is 113 cm³/mol. The van der Waals surface area contributed by atoms with Gasteiger partial charge >= 0.3 is 0 Å². The van der Waals surface area contributed by atoms with Gasteiger partial charge in [-0.1, -0.05) is 17.7 Å². The molecule has 0 aromatic heterocycles. The third-order valence-electron chi connectivity index (χ3n) is 4.37. The van der Waals surface area contributed by atoms with E-state index >= 15 is 0 Å². The van der Waals surface area contributed by atoms with Gasteiger partial charge in [-0.15, -0.1) is 0 Å². The van der Waals surface area contributed by atoms with Gasteiger partial charge < -0.3 is 28.4 Å². The van der Waals surface area contributed by atoms with Crippen molar-refractivity contribution >= 4 is 10.1 Å². The fourth-order valence-corrected chi connectivity index (χ4v) is 3.56. The van der Waals surface area contributed by atoms with Gasteiger partial charge in [-0.25, -0.2) is 0 Å². The number of benzene rings is 1. The molecule has 2 rings (SSSR count). The quantitative estimate of drug-likeness (QED) is 0.618. The largest absolute Gasteiger partial charge is 0.379 e. The monoisotopic (exact) mass is 462 g/mol. The van der Waals surface area contributed by atoms with E-state index in [1.54, 1.807) is 12.1 Å². The molecule has 0 saturated carbocycles. The molecule has 1 aromatic carbocycles. The molecule has 31 heavy (non-hydrogen) atoms.